The maximum Gasteiger partial charge on any atom is 0.248 e. The van der Waals surface area contributed by atoms with E-state index in [9.17, 15) is 4.79 Å². The molecule has 132 valence electrons. The van der Waals surface area contributed by atoms with Crippen molar-refractivity contribution in [3.8, 4) is 11.4 Å². The predicted octanol–water partition coefficient (Wildman–Crippen LogP) is 2.81. The predicted molar refractivity (Wildman–Crippen MR) is 101 cm³/mol. The quantitative estimate of drug-likeness (QED) is 0.762. The van der Waals surface area contributed by atoms with Crippen molar-refractivity contribution < 1.29 is 4.79 Å². The fraction of sp³-hybridized carbons (Fsp3) is 0.350. The van der Waals surface area contributed by atoms with E-state index in [1.807, 2.05) is 12.1 Å². The minimum atomic E-state index is -0.411. The van der Waals surface area contributed by atoms with Crippen LogP contribution in [0.4, 0.5) is 5.95 Å². The molecule has 2 aromatic heterocycles. The van der Waals surface area contributed by atoms with E-state index in [4.69, 9.17) is 15.7 Å². The second kappa shape index (κ2) is 5.56. The molecular formula is C20H21N5O. The van der Waals surface area contributed by atoms with Crippen LogP contribution in [0.1, 0.15) is 41.4 Å². The Morgan fingerprint density at radius 1 is 1.27 bits per heavy atom. The zero-order valence-electron chi connectivity index (χ0n) is 14.7. The van der Waals surface area contributed by atoms with Gasteiger partial charge in [-0.25, -0.2) is 9.97 Å². The van der Waals surface area contributed by atoms with Gasteiger partial charge in [-0.05, 0) is 56.9 Å². The first kappa shape index (κ1) is 15.4. The average Bonchev–Trinajstić information content (AvgIpc) is 3.25. The van der Waals surface area contributed by atoms with Crippen molar-refractivity contribution in [3.05, 3.63) is 41.1 Å². The Kier molecular flexibility index (Phi) is 3.29. The molecule has 0 radical (unpaired) electrons. The topological polar surface area (TPSA) is 87.9 Å². The van der Waals surface area contributed by atoms with Crippen LogP contribution in [0.15, 0.2) is 24.3 Å². The Bertz CT molecular complexity index is 1040. The highest BCUT2D eigenvalue weighted by Crippen LogP contribution is 2.34. The minimum Gasteiger partial charge on any atom is -0.366 e. The molecule has 1 amide bonds. The normalized spacial score (nSPS) is 18.8. The van der Waals surface area contributed by atoms with E-state index in [2.05, 4.69) is 22.9 Å². The first-order valence-electron chi connectivity index (χ1n) is 9.19. The van der Waals surface area contributed by atoms with Gasteiger partial charge in [-0.15, -0.1) is 0 Å². The van der Waals surface area contributed by atoms with Crippen LogP contribution in [0.3, 0.4) is 0 Å². The van der Waals surface area contributed by atoms with E-state index in [1.54, 1.807) is 6.07 Å². The number of fused-ring (bicyclic) bond motifs is 2. The summed E-state index contributed by atoms with van der Waals surface area (Å²) in [5.41, 5.74) is 11.3. The lowest BCUT2D eigenvalue weighted by Gasteiger charge is -2.39. The molecule has 3 heterocycles. The molecule has 1 atom stereocenters. The number of aryl methyl sites for hydroxylation is 1. The molecule has 5 rings (SSSR count). The monoisotopic (exact) mass is 347 g/mol. The van der Waals surface area contributed by atoms with Crippen molar-refractivity contribution in [2.45, 2.75) is 38.6 Å². The van der Waals surface area contributed by atoms with Gasteiger partial charge in [0, 0.05) is 40.3 Å². The van der Waals surface area contributed by atoms with Crippen LogP contribution in [0.5, 0.6) is 0 Å². The highest BCUT2D eigenvalue weighted by molar-refractivity contribution is 5.98. The Morgan fingerprint density at radius 3 is 2.88 bits per heavy atom. The molecule has 0 spiro atoms. The van der Waals surface area contributed by atoms with Crippen LogP contribution in [0, 0.1) is 0 Å². The number of rotatable bonds is 3. The number of nitrogens with zero attached hydrogens (tertiary/aromatic N) is 3. The number of nitrogens with one attached hydrogen (secondary N) is 1. The third-order valence-corrected chi connectivity index (χ3v) is 5.66. The summed E-state index contributed by atoms with van der Waals surface area (Å²) in [6.45, 7) is 3.24. The average molecular weight is 347 g/mol. The molecule has 0 bridgehead atoms. The molecule has 2 aliphatic rings. The van der Waals surface area contributed by atoms with E-state index in [0.717, 1.165) is 54.0 Å². The van der Waals surface area contributed by atoms with Gasteiger partial charge in [0.05, 0.1) is 11.4 Å². The number of hydrogen-bond donors (Lipinski definition) is 2. The standard InChI is InChI=1S/C20H21N5O/c1-11-7-8-25(11)20-23-16-4-2-3-14(16)18(24-20)17-10-13-9-12(19(21)26)5-6-15(13)22-17/h5-6,9-11,22H,2-4,7-8H2,1H3,(H2,21,26)/t11-/m0/s1. The molecule has 1 aromatic carbocycles. The van der Waals surface area contributed by atoms with E-state index in [-0.39, 0.29) is 0 Å². The Balaban J connectivity index is 1.65. The summed E-state index contributed by atoms with van der Waals surface area (Å²) >= 11 is 0. The van der Waals surface area contributed by atoms with Gasteiger partial charge in [0.2, 0.25) is 11.9 Å². The zero-order chi connectivity index (χ0) is 17.8. The molecule has 6 heteroatoms. The Labute approximate surface area is 151 Å². The third-order valence-electron chi connectivity index (χ3n) is 5.66. The van der Waals surface area contributed by atoms with Crippen molar-refractivity contribution in [3.63, 3.8) is 0 Å². The zero-order valence-corrected chi connectivity index (χ0v) is 14.7. The second-order valence-corrected chi connectivity index (χ2v) is 7.33. The smallest absolute Gasteiger partial charge is 0.248 e. The number of nitrogens with two attached hydrogens (primary N) is 1. The van der Waals surface area contributed by atoms with Gasteiger partial charge in [0.25, 0.3) is 0 Å². The summed E-state index contributed by atoms with van der Waals surface area (Å²) in [6.07, 6.45) is 4.36. The van der Waals surface area contributed by atoms with Crippen molar-refractivity contribution in [1.29, 1.82) is 0 Å². The van der Waals surface area contributed by atoms with Crippen molar-refractivity contribution >= 4 is 22.8 Å². The summed E-state index contributed by atoms with van der Waals surface area (Å²) in [5.74, 6) is 0.433. The van der Waals surface area contributed by atoms with Gasteiger partial charge in [-0.2, -0.15) is 0 Å². The molecule has 3 N–H and O–H groups in total. The van der Waals surface area contributed by atoms with Gasteiger partial charge >= 0.3 is 0 Å². The highest BCUT2D eigenvalue weighted by Gasteiger charge is 2.29. The van der Waals surface area contributed by atoms with Crippen LogP contribution in [0.25, 0.3) is 22.3 Å². The minimum absolute atomic E-state index is 0.411. The van der Waals surface area contributed by atoms with E-state index < -0.39 is 5.91 Å². The third kappa shape index (κ3) is 2.29. The summed E-state index contributed by atoms with van der Waals surface area (Å²) in [4.78, 5) is 27.0. The summed E-state index contributed by atoms with van der Waals surface area (Å²) < 4.78 is 0. The first-order valence-corrected chi connectivity index (χ1v) is 9.19. The fourth-order valence-electron chi connectivity index (χ4n) is 4.00. The SMILES string of the molecule is C[C@H]1CCN1c1nc2c(c(-c3cc4cc(C(N)=O)ccc4[nH]3)n1)CCC2. The van der Waals surface area contributed by atoms with Crippen molar-refractivity contribution in [2.75, 3.05) is 11.4 Å². The van der Waals surface area contributed by atoms with Crippen molar-refractivity contribution in [2.24, 2.45) is 5.73 Å². The molecular weight excluding hydrogens is 326 g/mol. The van der Waals surface area contributed by atoms with Gasteiger partial charge < -0.3 is 15.6 Å². The molecule has 1 fully saturated rings. The second-order valence-electron chi connectivity index (χ2n) is 7.33. The number of H-pyrrole nitrogens is 1. The number of amides is 1. The molecule has 1 saturated heterocycles. The van der Waals surface area contributed by atoms with E-state index >= 15 is 0 Å². The van der Waals surface area contributed by atoms with Crippen LogP contribution in [-0.2, 0) is 12.8 Å². The van der Waals surface area contributed by atoms with Crippen LogP contribution < -0.4 is 10.6 Å². The van der Waals surface area contributed by atoms with E-state index in [0.29, 0.717) is 11.6 Å². The number of primary amides is 1. The highest BCUT2D eigenvalue weighted by atomic mass is 16.1. The number of carbonyl (C=O) groups is 1. The Hall–Kier alpha value is -2.89. The largest absolute Gasteiger partial charge is 0.366 e. The lowest BCUT2D eigenvalue weighted by Crippen LogP contribution is -2.46. The number of hydrogen-bond acceptors (Lipinski definition) is 4. The molecule has 1 aliphatic carbocycles. The van der Waals surface area contributed by atoms with E-state index in [1.165, 1.54) is 17.7 Å². The molecule has 0 saturated carbocycles. The lowest BCUT2D eigenvalue weighted by atomic mass is 10.1. The molecule has 26 heavy (non-hydrogen) atoms. The summed E-state index contributed by atoms with van der Waals surface area (Å²) in [6, 6.07) is 8.05. The first-order chi connectivity index (χ1) is 12.6. The number of anilines is 1. The Morgan fingerprint density at radius 2 is 2.15 bits per heavy atom. The molecule has 6 nitrogen and oxygen atoms in total. The number of benzene rings is 1. The fourth-order valence-corrected chi connectivity index (χ4v) is 4.00. The molecule has 1 aliphatic heterocycles. The van der Waals surface area contributed by atoms with Crippen molar-refractivity contribution in [1.82, 2.24) is 15.0 Å². The number of carbonyl (C=O) groups excluding carboxylic acids is 1. The summed E-state index contributed by atoms with van der Waals surface area (Å²) in [5, 5.41) is 0.973. The number of aromatic nitrogens is 3. The van der Waals surface area contributed by atoms with Gasteiger partial charge in [-0.1, -0.05) is 0 Å². The maximum atomic E-state index is 11.5. The molecule has 3 aromatic rings. The van der Waals surface area contributed by atoms with Gasteiger partial charge in [0.15, 0.2) is 0 Å². The molecule has 0 unspecified atom stereocenters. The number of aromatic amines is 1. The van der Waals surface area contributed by atoms with Gasteiger partial charge in [0.1, 0.15) is 0 Å². The van der Waals surface area contributed by atoms with Crippen LogP contribution in [0.2, 0.25) is 0 Å². The van der Waals surface area contributed by atoms with Crippen LogP contribution >= 0.6 is 0 Å². The lowest BCUT2D eigenvalue weighted by molar-refractivity contribution is 0.100. The maximum absolute atomic E-state index is 11.5. The van der Waals surface area contributed by atoms with Gasteiger partial charge in [-0.3, -0.25) is 4.79 Å². The van der Waals surface area contributed by atoms with Crippen LogP contribution in [-0.4, -0.2) is 33.4 Å². The summed E-state index contributed by atoms with van der Waals surface area (Å²) in [7, 11) is 0.